The summed E-state index contributed by atoms with van der Waals surface area (Å²) in [7, 11) is 0. The molecule has 0 aliphatic carbocycles. The van der Waals surface area contributed by atoms with Gasteiger partial charge >= 0.3 is 0 Å². The fourth-order valence-corrected chi connectivity index (χ4v) is 2.54. The van der Waals surface area contributed by atoms with Crippen LogP contribution in [0.4, 0.5) is 5.69 Å². The molecular formula is C23H23NO4. The van der Waals surface area contributed by atoms with Gasteiger partial charge in [0.05, 0.1) is 6.61 Å². The van der Waals surface area contributed by atoms with Crippen LogP contribution in [0.2, 0.25) is 0 Å². The molecule has 0 unspecified atom stereocenters. The van der Waals surface area contributed by atoms with Crippen molar-refractivity contribution in [3.63, 3.8) is 0 Å². The van der Waals surface area contributed by atoms with Gasteiger partial charge in [0.15, 0.2) is 0 Å². The van der Waals surface area contributed by atoms with Crippen molar-refractivity contribution in [1.29, 1.82) is 0 Å². The van der Waals surface area contributed by atoms with Gasteiger partial charge in [-0.3, -0.25) is 4.79 Å². The summed E-state index contributed by atoms with van der Waals surface area (Å²) in [5.74, 6) is 2.11. The van der Waals surface area contributed by atoms with E-state index in [1.807, 2.05) is 49.4 Å². The molecule has 0 heterocycles. The lowest BCUT2D eigenvalue weighted by molar-refractivity contribution is 0.102. The highest BCUT2D eigenvalue weighted by molar-refractivity contribution is 6.04. The Kier molecular flexibility index (Phi) is 6.90. The Hall–Kier alpha value is -3.47. The van der Waals surface area contributed by atoms with Gasteiger partial charge in [-0.2, -0.15) is 0 Å². The summed E-state index contributed by atoms with van der Waals surface area (Å²) in [6.07, 6.45) is 0. The highest BCUT2D eigenvalue weighted by Crippen LogP contribution is 2.18. The van der Waals surface area contributed by atoms with Crippen molar-refractivity contribution < 1.29 is 19.0 Å². The van der Waals surface area contributed by atoms with Crippen LogP contribution in [0, 0.1) is 0 Å². The average Bonchev–Trinajstić information content (AvgIpc) is 2.74. The van der Waals surface area contributed by atoms with Crippen molar-refractivity contribution in [3.05, 3.63) is 84.4 Å². The minimum absolute atomic E-state index is 0.173. The number of carbonyl (C=O) groups excluding carboxylic acids is 1. The van der Waals surface area contributed by atoms with E-state index in [-0.39, 0.29) is 5.91 Å². The summed E-state index contributed by atoms with van der Waals surface area (Å²) < 4.78 is 16.6. The third kappa shape index (κ3) is 5.77. The van der Waals surface area contributed by atoms with Crippen LogP contribution in [0.5, 0.6) is 17.2 Å². The molecule has 0 saturated heterocycles. The van der Waals surface area contributed by atoms with Gasteiger partial charge in [-0.05, 0) is 67.6 Å². The molecule has 144 valence electrons. The predicted octanol–water partition coefficient (Wildman–Crippen LogP) is 4.80. The number of benzene rings is 3. The highest BCUT2D eigenvalue weighted by Gasteiger charge is 2.06. The van der Waals surface area contributed by atoms with Gasteiger partial charge in [-0.25, -0.2) is 0 Å². The Labute approximate surface area is 164 Å². The van der Waals surface area contributed by atoms with E-state index in [9.17, 15) is 4.79 Å². The van der Waals surface area contributed by atoms with Crippen molar-refractivity contribution in [3.8, 4) is 17.2 Å². The number of nitrogens with one attached hydrogen (secondary N) is 1. The van der Waals surface area contributed by atoms with Gasteiger partial charge in [0.25, 0.3) is 5.91 Å². The zero-order valence-corrected chi connectivity index (χ0v) is 15.8. The van der Waals surface area contributed by atoms with E-state index in [0.717, 1.165) is 17.2 Å². The topological polar surface area (TPSA) is 56.8 Å². The highest BCUT2D eigenvalue weighted by atomic mass is 16.5. The Morgan fingerprint density at radius 2 is 1.25 bits per heavy atom. The lowest BCUT2D eigenvalue weighted by Gasteiger charge is -2.10. The van der Waals surface area contributed by atoms with E-state index in [1.54, 1.807) is 36.4 Å². The summed E-state index contributed by atoms with van der Waals surface area (Å²) in [5, 5.41) is 2.87. The van der Waals surface area contributed by atoms with Crippen LogP contribution in [-0.2, 0) is 0 Å². The van der Waals surface area contributed by atoms with E-state index in [1.165, 1.54) is 0 Å². The minimum atomic E-state index is -0.173. The molecule has 0 fully saturated rings. The number of ether oxygens (including phenoxy) is 3. The van der Waals surface area contributed by atoms with Crippen LogP contribution in [-0.4, -0.2) is 25.7 Å². The van der Waals surface area contributed by atoms with Gasteiger partial charge in [0, 0.05) is 11.3 Å². The standard InChI is InChI=1S/C23H23NO4/c1-2-26-21-12-8-18(9-13-21)23(25)24-19-10-14-22(15-11-19)28-17-16-27-20-6-4-3-5-7-20/h3-15H,2,16-17H2,1H3,(H,24,25). The normalized spacial score (nSPS) is 10.2. The molecule has 0 spiro atoms. The molecular weight excluding hydrogens is 354 g/mol. The molecule has 0 bridgehead atoms. The molecule has 0 radical (unpaired) electrons. The summed E-state index contributed by atoms with van der Waals surface area (Å²) in [4.78, 5) is 12.3. The van der Waals surface area contributed by atoms with Crippen LogP contribution in [0.15, 0.2) is 78.9 Å². The largest absolute Gasteiger partial charge is 0.494 e. The molecule has 3 rings (SSSR count). The molecule has 0 saturated carbocycles. The number of para-hydroxylation sites is 1. The Morgan fingerprint density at radius 3 is 1.86 bits per heavy atom. The maximum absolute atomic E-state index is 12.3. The molecule has 3 aromatic rings. The second-order valence-corrected chi connectivity index (χ2v) is 5.95. The van der Waals surface area contributed by atoms with E-state index in [2.05, 4.69) is 5.32 Å². The van der Waals surface area contributed by atoms with Crippen LogP contribution in [0.25, 0.3) is 0 Å². The minimum Gasteiger partial charge on any atom is -0.494 e. The monoisotopic (exact) mass is 377 g/mol. The quantitative estimate of drug-likeness (QED) is 0.545. The molecule has 0 aliphatic heterocycles. The van der Waals surface area contributed by atoms with Crippen molar-refractivity contribution in [2.24, 2.45) is 0 Å². The van der Waals surface area contributed by atoms with Crippen molar-refractivity contribution >= 4 is 11.6 Å². The van der Waals surface area contributed by atoms with Gasteiger partial charge in [0.2, 0.25) is 0 Å². The predicted molar refractivity (Wildman–Crippen MR) is 109 cm³/mol. The lowest BCUT2D eigenvalue weighted by atomic mass is 10.2. The van der Waals surface area contributed by atoms with E-state index < -0.39 is 0 Å². The number of carbonyl (C=O) groups is 1. The Balaban J connectivity index is 1.45. The molecule has 5 heteroatoms. The van der Waals surface area contributed by atoms with Crippen LogP contribution in [0.1, 0.15) is 17.3 Å². The first-order valence-corrected chi connectivity index (χ1v) is 9.19. The Bertz CT molecular complexity index is 861. The van der Waals surface area contributed by atoms with E-state index in [4.69, 9.17) is 14.2 Å². The molecule has 28 heavy (non-hydrogen) atoms. The maximum atomic E-state index is 12.3. The van der Waals surface area contributed by atoms with Crippen LogP contribution < -0.4 is 19.5 Å². The lowest BCUT2D eigenvalue weighted by Crippen LogP contribution is -2.12. The zero-order valence-electron chi connectivity index (χ0n) is 15.8. The summed E-state index contributed by atoms with van der Waals surface area (Å²) in [6.45, 7) is 3.41. The molecule has 0 aliphatic rings. The molecule has 5 nitrogen and oxygen atoms in total. The molecule has 0 atom stereocenters. The smallest absolute Gasteiger partial charge is 0.255 e. The van der Waals surface area contributed by atoms with Crippen LogP contribution in [0.3, 0.4) is 0 Å². The second-order valence-electron chi connectivity index (χ2n) is 5.95. The first-order valence-electron chi connectivity index (χ1n) is 9.19. The van der Waals surface area contributed by atoms with Gasteiger partial charge in [0.1, 0.15) is 30.5 Å². The zero-order chi connectivity index (χ0) is 19.6. The molecule has 1 N–H and O–H groups in total. The third-order valence-corrected chi connectivity index (χ3v) is 3.90. The Morgan fingerprint density at radius 1 is 0.714 bits per heavy atom. The number of amides is 1. The van der Waals surface area contributed by atoms with Gasteiger partial charge in [-0.15, -0.1) is 0 Å². The SMILES string of the molecule is CCOc1ccc(C(=O)Nc2ccc(OCCOc3ccccc3)cc2)cc1. The van der Waals surface area contributed by atoms with Crippen molar-refractivity contribution in [2.75, 3.05) is 25.1 Å². The summed E-state index contributed by atoms with van der Waals surface area (Å²) in [5.41, 5.74) is 1.27. The summed E-state index contributed by atoms with van der Waals surface area (Å²) >= 11 is 0. The van der Waals surface area contributed by atoms with Crippen molar-refractivity contribution in [1.82, 2.24) is 0 Å². The van der Waals surface area contributed by atoms with Crippen molar-refractivity contribution in [2.45, 2.75) is 6.92 Å². The first-order chi connectivity index (χ1) is 13.7. The van der Waals surface area contributed by atoms with E-state index in [0.29, 0.717) is 31.1 Å². The number of anilines is 1. The van der Waals surface area contributed by atoms with Gasteiger partial charge < -0.3 is 19.5 Å². The van der Waals surface area contributed by atoms with E-state index >= 15 is 0 Å². The van der Waals surface area contributed by atoms with Gasteiger partial charge in [-0.1, -0.05) is 18.2 Å². The summed E-state index contributed by atoms with van der Waals surface area (Å²) in [6, 6.07) is 23.9. The first kappa shape index (κ1) is 19.3. The molecule has 0 aromatic heterocycles. The fraction of sp³-hybridized carbons (Fsp3) is 0.174. The number of hydrogen-bond acceptors (Lipinski definition) is 4. The maximum Gasteiger partial charge on any atom is 0.255 e. The fourth-order valence-electron chi connectivity index (χ4n) is 2.54. The average molecular weight is 377 g/mol. The number of hydrogen-bond donors (Lipinski definition) is 1. The third-order valence-electron chi connectivity index (χ3n) is 3.90. The van der Waals surface area contributed by atoms with Crippen LogP contribution >= 0.6 is 0 Å². The number of rotatable bonds is 9. The second kappa shape index (κ2) is 10.0. The molecule has 1 amide bonds. The molecule has 3 aromatic carbocycles.